The van der Waals surface area contributed by atoms with Crippen molar-refractivity contribution in [2.45, 2.75) is 18.7 Å². The van der Waals surface area contributed by atoms with Crippen LogP contribution in [-0.2, 0) is 9.59 Å². The molecule has 0 aliphatic rings. The van der Waals surface area contributed by atoms with Crippen LogP contribution in [-0.4, -0.2) is 10.2 Å². The van der Waals surface area contributed by atoms with Crippen molar-refractivity contribution >= 4 is 33.8 Å². The van der Waals surface area contributed by atoms with Gasteiger partial charge in [-0.1, -0.05) is 73.5 Å². The number of hydrogen-bond acceptors (Lipinski definition) is 5. The molecule has 0 aromatic heterocycles. The van der Waals surface area contributed by atoms with Crippen LogP contribution in [0.3, 0.4) is 0 Å². The van der Waals surface area contributed by atoms with Gasteiger partial charge in [0.15, 0.2) is 0 Å². The van der Waals surface area contributed by atoms with Crippen molar-refractivity contribution in [3.05, 3.63) is 109 Å². The predicted molar refractivity (Wildman–Crippen MR) is 140 cm³/mol. The third kappa shape index (κ3) is 7.11. The predicted octanol–water partition coefficient (Wildman–Crippen LogP) is 7.90. The molecule has 3 aromatic carbocycles. The summed E-state index contributed by atoms with van der Waals surface area (Å²) >= 11 is 2.24. The minimum absolute atomic E-state index is 0.0173. The fourth-order valence-corrected chi connectivity index (χ4v) is 3.88. The quantitative estimate of drug-likeness (QED) is 0.189. The van der Waals surface area contributed by atoms with Crippen LogP contribution in [0.4, 0.5) is 0 Å². The zero-order chi connectivity index (χ0) is 23.8. The third-order valence-corrected chi connectivity index (χ3v) is 6.45. The van der Waals surface area contributed by atoms with Gasteiger partial charge in [0.05, 0.1) is 6.26 Å². The molecule has 0 saturated heterocycles. The lowest BCUT2D eigenvalue weighted by molar-refractivity contribution is -0.108. The van der Waals surface area contributed by atoms with E-state index in [0.717, 1.165) is 38.9 Å². The van der Waals surface area contributed by atoms with Crippen LogP contribution in [0.25, 0.3) is 22.3 Å². The molecular weight excluding hydrogens is 448 g/mol. The summed E-state index contributed by atoms with van der Waals surface area (Å²) in [6, 6.07) is 24.0. The molecule has 0 N–H and O–H groups in total. The second-order valence-corrected chi connectivity index (χ2v) is 9.30. The van der Waals surface area contributed by atoms with E-state index in [9.17, 15) is 9.59 Å². The van der Waals surface area contributed by atoms with Gasteiger partial charge in [0.25, 0.3) is 0 Å². The number of carbonyl (C=O) groups is 2. The molecule has 0 aliphatic heterocycles. The van der Waals surface area contributed by atoms with Gasteiger partial charge in [-0.05, 0) is 83.3 Å². The fourth-order valence-electron chi connectivity index (χ4n) is 2.79. The molecule has 3 rings (SSSR count). The Morgan fingerprint density at radius 1 is 0.697 bits per heavy atom. The van der Waals surface area contributed by atoms with Crippen LogP contribution >= 0.6 is 23.5 Å². The number of hydrogen-bond donors (Lipinski definition) is 0. The summed E-state index contributed by atoms with van der Waals surface area (Å²) in [6.07, 6.45) is 1.49. The molecule has 0 heterocycles. The Bertz CT molecular complexity index is 1190. The maximum Gasteiger partial charge on any atom is 0.219 e. The Morgan fingerprint density at radius 2 is 1.12 bits per heavy atom. The summed E-state index contributed by atoms with van der Waals surface area (Å²) in [6.45, 7) is 10.7. The summed E-state index contributed by atoms with van der Waals surface area (Å²) in [4.78, 5) is 24.2. The zero-order valence-corrected chi connectivity index (χ0v) is 20.2. The summed E-state index contributed by atoms with van der Waals surface area (Å²) < 4.78 is 5.54. The van der Waals surface area contributed by atoms with Gasteiger partial charge >= 0.3 is 0 Å². The van der Waals surface area contributed by atoms with Gasteiger partial charge in [0.2, 0.25) is 10.2 Å². The fraction of sp³-hybridized carbons (Fsp3) is 0.0714. The van der Waals surface area contributed by atoms with E-state index in [2.05, 4.69) is 37.4 Å². The van der Waals surface area contributed by atoms with E-state index in [4.69, 9.17) is 4.74 Å². The summed E-state index contributed by atoms with van der Waals surface area (Å²) in [5, 5.41) is 1.51. The van der Waals surface area contributed by atoms with Gasteiger partial charge in [0.1, 0.15) is 5.75 Å². The molecule has 0 fully saturated rings. The van der Waals surface area contributed by atoms with Crippen LogP contribution in [0.2, 0.25) is 0 Å². The van der Waals surface area contributed by atoms with E-state index >= 15 is 0 Å². The molecular formula is C28H24O3S2. The Kier molecular flexibility index (Phi) is 8.52. The molecule has 0 spiro atoms. The lowest BCUT2D eigenvalue weighted by Crippen LogP contribution is -1.90. The maximum atomic E-state index is 11.8. The summed E-state index contributed by atoms with van der Waals surface area (Å²) in [5.41, 5.74) is 5.43. The van der Waals surface area contributed by atoms with Crippen molar-refractivity contribution < 1.29 is 14.3 Å². The first-order valence-corrected chi connectivity index (χ1v) is 11.9. The van der Waals surface area contributed by atoms with Gasteiger partial charge in [-0.25, -0.2) is 0 Å². The van der Waals surface area contributed by atoms with E-state index in [1.807, 2.05) is 48.5 Å². The van der Waals surface area contributed by atoms with Crippen LogP contribution in [0, 0.1) is 0 Å². The largest absolute Gasteiger partial charge is 0.464 e. The molecule has 0 amide bonds. The molecule has 0 bridgehead atoms. The standard InChI is InChI=1S/C28H24O3S2/c1-19(2)27(29)32-18-17-31-25-13-9-23(10-14-25)21-5-7-22(8-6-21)24-11-15-26(16-12-24)33-28(30)20(3)4/h5-18H,1,3H2,2,4H3/b18-17-. The normalized spacial score (nSPS) is 10.7. The van der Waals surface area contributed by atoms with Gasteiger partial charge in [-0.3, -0.25) is 9.59 Å². The molecule has 0 atom stereocenters. The Labute approximate surface area is 203 Å². The minimum atomic E-state index is -0.0821. The summed E-state index contributed by atoms with van der Waals surface area (Å²) in [7, 11) is 0. The average molecular weight is 473 g/mol. The smallest absolute Gasteiger partial charge is 0.219 e. The lowest BCUT2D eigenvalue weighted by Gasteiger charge is -2.07. The maximum absolute atomic E-state index is 11.8. The Morgan fingerprint density at radius 3 is 1.58 bits per heavy atom. The van der Waals surface area contributed by atoms with Crippen molar-refractivity contribution in [2.75, 3.05) is 0 Å². The van der Waals surface area contributed by atoms with Crippen molar-refractivity contribution in [3.63, 3.8) is 0 Å². The lowest BCUT2D eigenvalue weighted by atomic mass is 10.0. The van der Waals surface area contributed by atoms with Crippen LogP contribution < -0.4 is 4.74 Å². The topological polar surface area (TPSA) is 43.4 Å². The van der Waals surface area contributed by atoms with E-state index in [1.54, 1.807) is 19.3 Å². The molecule has 0 aliphatic carbocycles. The van der Waals surface area contributed by atoms with E-state index in [1.165, 1.54) is 18.0 Å². The third-order valence-electron chi connectivity index (χ3n) is 4.60. The summed E-state index contributed by atoms with van der Waals surface area (Å²) in [5.74, 6) is 0.693. The monoisotopic (exact) mass is 472 g/mol. The van der Waals surface area contributed by atoms with Gasteiger partial charge in [0, 0.05) is 10.3 Å². The first-order chi connectivity index (χ1) is 15.8. The Balaban J connectivity index is 1.61. The van der Waals surface area contributed by atoms with Crippen molar-refractivity contribution in [1.82, 2.24) is 0 Å². The molecule has 0 radical (unpaired) electrons. The molecule has 166 valence electrons. The highest BCUT2D eigenvalue weighted by molar-refractivity contribution is 8.16. The minimum Gasteiger partial charge on any atom is -0.464 e. The number of rotatable bonds is 8. The van der Waals surface area contributed by atoms with Gasteiger partial charge in [-0.15, -0.1) is 0 Å². The number of thioether (sulfide) groups is 2. The van der Waals surface area contributed by atoms with E-state index in [-0.39, 0.29) is 10.2 Å². The van der Waals surface area contributed by atoms with Crippen molar-refractivity contribution in [3.8, 4) is 28.0 Å². The van der Waals surface area contributed by atoms with Crippen LogP contribution in [0.1, 0.15) is 13.8 Å². The second kappa shape index (κ2) is 11.5. The number of benzene rings is 3. The molecule has 0 saturated carbocycles. The van der Waals surface area contributed by atoms with E-state index < -0.39 is 0 Å². The molecule has 3 nitrogen and oxygen atoms in total. The molecule has 5 heteroatoms. The highest BCUT2D eigenvalue weighted by atomic mass is 32.2. The number of carbonyl (C=O) groups excluding carboxylic acids is 2. The second-order valence-electron chi connectivity index (χ2n) is 7.37. The highest BCUT2D eigenvalue weighted by Gasteiger charge is 2.06. The molecule has 0 unspecified atom stereocenters. The molecule has 33 heavy (non-hydrogen) atoms. The molecule has 3 aromatic rings. The zero-order valence-electron chi connectivity index (χ0n) is 18.5. The van der Waals surface area contributed by atoms with Gasteiger partial charge in [-0.2, -0.15) is 0 Å². The average Bonchev–Trinajstić information content (AvgIpc) is 2.82. The first kappa shape index (κ1) is 24.4. The van der Waals surface area contributed by atoms with Crippen molar-refractivity contribution in [1.29, 1.82) is 0 Å². The van der Waals surface area contributed by atoms with Gasteiger partial charge < -0.3 is 4.74 Å². The van der Waals surface area contributed by atoms with Crippen LogP contribution in [0.15, 0.2) is 114 Å². The highest BCUT2D eigenvalue weighted by Crippen LogP contribution is 2.29. The Hall–Kier alpha value is -3.28. The SMILES string of the molecule is C=C(C)C(=O)S/C=C\Oc1ccc(-c2ccc(-c3ccc(SC(=O)C(=C)C)cc3)cc2)cc1. The number of ether oxygens (including phenoxy) is 1. The van der Waals surface area contributed by atoms with E-state index in [0.29, 0.717) is 16.9 Å². The van der Waals surface area contributed by atoms with Crippen molar-refractivity contribution in [2.24, 2.45) is 0 Å². The van der Waals surface area contributed by atoms with Crippen LogP contribution in [0.5, 0.6) is 5.75 Å². The first-order valence-electron chi connectivity index (χ1n) is 10.2.